The largest absolute Gasteiger partial charge is 0.506 e. The molecule has 1 aliphatic heterocycles. The summed E-state index contributed by atoms with van der Waals surface area (Å²) in [6.45, 7) is -0.417. The fourth-order valence-corrected chi connectivity index (χ4v) is 4.63. The van der Waals surface area contributed by atoms with Crippen molar-refractivity contribution < 1.29 is 33.5 Å². The molecule has 10 nitrogen and oxygen atoms in total. The maximum atomic E-state index is 13.2. The van der Waals surface area contributed by atoms with E-state index in [9.17, 15) is 23.7 Å². The Morgan fingerprint density at radius 1 is 1.31 bits per heavy atom. The predicted molar refractivity (Wildman–Crippen MR) is 116 cm³/mol. The first-order valence-corrected chi connectivity index (χ1v) is 10.8. The summed E-state index contributed by atoms with van der Waals surface area (Å²) in [4.78, 5) is 36.4. The molecular weight excluding hydrogens is 462 g/mol. The summed E-state index contributed by atoms with van der Waals surface area (Å²) in [5.74, 6) is -1.63. The van der Waals surface area contributed by atoms with E-state index in [1.807, 2.05) is 5.32 Å². The van der Waals surface area contributed by atoms with Crippen LogP contribution in [0.3, 0.4) is 0 Å². The minimum Gasteiger partial charge on any atom is -0.506 e. The fourth-order valence-electron chi connectivity index (χ4n) is 3.23. The van der Waals surface area contributed by atoms with E-state index < -0.39 is 41.4 Å². The van der Waals surface area contributed by atoms with E-state index in [0.717, 1.165) is 16.4 Å². The minimum atomic E-state index is -2.13. The van der Waals surface area contributed by atoms with Crippen molar-refractivity contribution in [3.8, 4) is 11.5 Å². The van der Waals surface area contributed by atoms with Crippen LogP contribution in [0.15, 0.2) is 41.3 Å². The van der Waals surface area contributed by atoms with Gasteiger partial charge >= 0.3 is 6.09 Å². The summed E-state index contributed by atoms with van der Waals surface area (Å²) in [7, 11) is -0.649. The van der Waals surface area contributed by atoms with Crippen molar-refractivity contribution in [1.82, 2.24) is 9.62 Å². The zero-order chi connectivity index (χ0) is 23.4. The Balaban J connectivity index is 1.90. The number of halogens is 1. The number of nitrogens with one attached hydrogen (secondary N) is 2. The molecule has 32 heavy (non-hydrogen) atoms. The number of phenols is 1. The summed E-state index contributed by atoms with van der Waals surface area (Å²) in [5.41, 5.74) is 0.452. The topological polar surface area (TPSA) is 145 Å². The first kappa shape index (κ1) is 23.4. The number of aromatic hydroxyl groups is 1. The molecule has 1 fully saturated rings. The Morgan fingerprint density at radius 2 is 2.06 bits per heavy atom. The molecular formula is C20H20ClN3O7S. The number of nitrogens with zero attached hydrogens (tertiary/aromatic N) is 1. The number of hydrogen-bond donors (Lipinski definition) is 4. The van der Waals surface area contributed by atoms with Crippen LogP contribution in [-0.4, -0.2) is 56.8 Å². The average Bonchev–Trinajstić information content (AvgIpc) is 2.88. The third kappa shape index (κ3) is 5.29. The number of amides is 3. The molecule has 3 rings (SSSR count). The summed E-state index contributed by atoms with van der Waals surface area (Å²) < 4.78 is 19.4. The zero-order valence-electron chi connectivity index (χ0n) is 16.8. The molecule has 2 aromatic rings. The van der Waals surface area contributed by atoms with Crippen LogP contribution in [0.2, 0.25) is 5.02 Å². The van der Waals surface area contributed by atoms with Crippen LogP contribution in [0, 0.1) is 5.92 Å². The van der Waals surface area contributed by atoms with Gasteiger partial charge in [-0.2, -0.15) is 0 Å². The van der Waals surface area contributed by atoms with E-state index in [2.05, 4.69) is 5.32 Å². The number of benzene rings is 2. The van der Waals surface area contributed by atoms with Crippen molar-refractivity contribution in [3.63, 3.8) is 0 Å². The minimum absolute atomic E-state index is 0.0302. The summed E-state index contributed by atoms with van der Waals surface area (Å²) in [5, 5.41) is 23.8. The summed E-state index contributed by atoms with van der Waals surface area (Å²) in [6, 6.07) is 8.55. The first-order chi connectivity index (χ1) is 15.2. The fraction of sp³-hybridized carbons (Fsp3) is 0.250. The number of phenolic OH excluding ortho intramolecular Hbond substituents is 1. The number of methoxy groups -OCH3 is 1. The number of ether oxygens (including phenoxy) is 1. The molecule has 170 valence electrons. The van der Waals surface area contributed by atoms with Gasteiger partial charge in [-0.1, -0.05) is 11.6 Å². The molecule has 0 aliphatic carbocycles. The number of carboxylic acid groups (broad SMARTS) is 1. The number of hydrogen-bond acceptors (Lipinski definition) is 6. The highest BCUT2D eigenvalue weighted by Crippen LogP contribution is 2.29. The van der Waals surface area contributed by atoms with Crippen LogP contribution in [0.25, 0.3) is 0 Å². The second-order valence-corrected chi connectivity index (χ2v) is 8.74. The number of carbonyl (C=O) groups is 3. The average molecular weight is 482 g/mol. The lowest BCUT2D eigenvalue weighted by Gasteiger charge is -2.23. The molecule has 0 spiro atoms. The van der Waals surface area contributed by atoms with E-state index in [0.29, 0.717) is 16.3 Å². The van der Waals surface area contributed by atoms with Crippen LogP contribution in [0.5, 0.6) is 11.5 Å². The van der Waals surface area contributed by atoms with Gasteiger partial charge in [-0.25, -0.2) is 13.3 Å². The Labute approximate surface area is 190 Å². The third-order valence-electron chi connectivity index (χ3n) is 4.75. The monoisotopic (exact) mass is 481 g/mol. The molecule has 12 heteroatoms. The molecule has 2 unspecified atom stereocenters. The Hall–Kier alpha value is -3.31. The predicted octanol–water partition coefficient (Wildman–Crippen LogP) is 1.98. The highest BCUT2D eigenvalue weighted by molar-refractivity contribution is 7.83. The van der Waals surface area contributed by atoms with Crippen molar-refractivity contribution in [3.05, 3.63) is 47.0 Å². The van der Waals surface area contributed by atoms with E-state index in [1.165, 1.54) is 13.2 Å². The van der Waals surface area contributed by atoms with Gasteiger partial charge in [-0.3, -0.25) is 14.9 Å². The van der Waals surface area contributed by atoms with Crippen molar-refractivity contribution in [1.29, 1.82) is 0 Å². The first-order valence-electron chi connectivity index (χ1n) is 9.35. The number of carbonyl (C=O) groups excluding carboxylic acids is 2. The Bertz CT molecular complexity index is 1090. The molecule has 0 bridgehead atoms. The maximum Gasteiger partial charge on any atom is 0.409 e. The standard InChI is InChI=1S/C20H20ClN3O7S/c1-31-17-5-2-13(21)7-11(17)6-12-9-22-18(26)10-24(19(12)27)32(30)14-3-4-16(25)15(8-14)23-20(28)29/h2-5,7-8,12,23,25H,6,9-10H2,1H3,(H,22,26)(H,28,29). The van der Waals surface area contributed by atoms with Crippen LogP contribution >= 0.6 is 11.6 Å². The van der Waals surface area contributed by atoms with E-state index >= 15 is 0 Å². The lowest BCUT2D eigenvalue weighted by molar-refractivity contribution is -0.131. The van der Waals surface area contributed by atoms with Crippen molar-refractivity contribution >= 4 is 46.2 Å². The zero-order valence-corrected chi connectivity index (χ0v) is 18.4. The molecule has 2 aromatic carbocycles. The van der Waals surface area contributed by atoms with Crippen LogP contribution < -0.4 is 15.4 Å². The highest BCUT2D eigenvalue weighted by atomic mass is 35.5. The van der Waals surface area contributed by atoms with Crippen molar-refractivity contribution in [2.75, 3.05) is 25.5 Å². The highest BCUT2D eigenvalue weighted by Gasteiger charge is 2.34. The number of rotatable bonds is 6. The van der Waals surface area contributed by atoms with Gasteiger partial charge in [-0.15, -0.1) is 0 Å². The molecule has 1 heterocycles. The van der Waals surface area contributed by atoms with E-state index in [4.69, 9.17) is 21.4 Å². The molecule has 0 radical (unpaired) electrons. The van der Waals surface area contributed by atoms with Gasteiger partial charge in [0, 0.05) is 11.6 Å². The van der Waals surface area contributed by atoms with Crippen molar-refractivity contribution in [2.45, 2.75) is 11.3 Å². The van der Waals surface area contributed by atoms with Gasteiger partial charge in [0.25, 0.3) is 0 Å². The van der Waals surface area contributed by atoms with Gasteiger partial charge in [0.1, 0.15) is 18.0 Å². The Kier molecular flexibility index (Phi) is 7.21. The second-order valence-electron chi connectivity index (χ2n) is 6.89. The van der Waals surface area contributed by atoms with Crippen molar-refractivity contribution in [2.24, 2.45) is 5.92 Å². The smallest absolute Gasteiger partial charge is 0.409 e. The van der Waals surface area contributed by atoms with Crippen LogP contribution in [0.4, 0.5) is 10.5 Å². The van der Waals surface area contributed by atoms with Gasteiger partial charge in [0.2, 0.25) is 11.8 Å². The molecule has 3 amide bonds. The summed E-state index contributed by atoms with van der Waals surface area (Å²) >= 11 is 6.07. The molecule has 1 saturated heterocycles. The second kappa shape index (κ2) is 9.88. The van der Waals surface area contributed by atoms with Crippen LogP contribution in [0.1, 0.15) is 5.56 Å². The molecule has 4 N–H and O–H groups in total. The van der Waals surface area contributed by atoms with Gasteiger partial charge < -0.3 is 20.3 Å². The molecule has 1 aliphatic rings. The normalized spacial score (nSPS) is 17.3. The lowest BCUT2D eigenvalue weighted by atomic mass is 9.98. The van der Waals surface area contributed by atoms with Crippen LogP contribution in [-0.2, 0) is 27.0 Å². The molecule has 0 saturated carbocycles. The van der Waals surface area contributed by atoms with E-state index in [1.54, 1.807) is 18.2 Å². The van der Waals surface area contributed by atoms with Gasteiger partial charge in [0.05, 0.1) is 23.6 Å². The quantitative estimate of drug-likeness (QED) is 0.461. The SMILES string of the molecule is COc1ccc(Cl)cc1CC1CNC(=O)CN(S(=O)c2ccc(O)c(NC(=O)O)c2)C1=O. The van der Waals surface area contributed by atoms with E-state index in [-0.39, 0.29) is 29.3 Å². The molecule has 0 aromatic heterocycles. The Morgan fingerprint density at radius 3 is 2.75 bits per heavy atom. The summed E-state index contributed by atoms with van der Waals surface area (Å²) in [6.07, 6.45) is -1.25. The lowest BCUT2D eigenvalue weighted by Crippen LogP contribution is -2.39. The third-order valence-corrected chi connectivity index (χ3v) is 6.35. The molecule has 2 atom stereocenters. The van der Waals surface area contributed by atoms with Gasteiger partial charge in [0.15, 0.2) is 11.0 Å². The van der Waals surface area contributed by atoms with Gasteiger partial charge in [-0.05, 0) is 48.4 Å². The number of anilines is 1. The maximum absolute atomic E-state index is 13.2.